The minimum Gasteiger partial charge on any atom is -0.444 e. The second kappa shape index (κ2) is 10.3. The number of urea groups is 1. The van der Waals surface area contributed by atoms with Gasteiger partial charge < -0.3 is 15.0 Å². The lowest BCUT2D eigenvalue weighted by Crippen LogP contribution is -2.48. The molecule has 1 aliphatic rings. The van der Waals surface area contributed by atoms with Crippen LogP contribution in [0.25, 0.3) is 0 Å². The first-order chi connectivity index (χ1) is 13.3. The molecule has 1 rings (SSSR count). The highest BCUT2D eigenvalue weighted by Crippen LogP contribution is 2.19. The Labute approximate surface area is 174 Å². The molecule has 8 heteroatoms. The molecule has 0 aromatic rings. The van der Waals surface area contributed by atoms with E-state index in [0.717, 1.165) is 12.1 Å². The third-order valence-corrected chi connectivity index (χ3v) is 5.03. The van der Waals surface area contributed by atoms with E-state index in [0.29, 0.717) is 24.7 Å². The van der Waals surface area contributed by atoms with Crippen LogP contribution in [-0.4, -0.2) is 59.6 Å². The molecule has 29 heavy (non-hydrogen) atoms. The van der Waals surface area contributed by atoms with Crippen LogP contribution in [0.5, 0.6) is 0 Å². The zero-order valence-electron chi connectivity index (χ0n) is 18.8. The summed E-state index contributed by atoms with van der Waals surface area (Å²) in [6.45, 7) is 16.5. The van der Waals surface area contributed by atoms with Crippen LogP contribution in [0, 0.1) is 5.92 Å². The van der Waals surface area contributed by atoms with Crippen molar-refractivity contribution < 1.29 is 19.1 Å². The molecule has 164 valence electrons. The van der Waals surface area contributed by atoms with Gasteiger partial charge in [-0.1, -0.05) is 13.5 Å². The highest BCUT2D eigenvalue weighted by molar-refractivity contribution is 5.97. The van der Waals surface area contributed by atoms with Crippen molar-refractivity contribution in [3.05, 3.63) is 24.0 Å². The lowest BCUT2D eigenvalue weighted by Gasteiger charge is -2.33. The van der Waals surface area contributed by atoms with Gasteiger partial charge in [0, 0.05) is 44.0 Å². The fourth-order valence-corrected chi connectivity index (χ4v) is 2.92. The number of hydrogen-bond donors (Lipinski definition) is 2. The Hall–Kier alpha value is -2.51. The van der Waals surface area contributed by atoms with Crippen molar-refractivity contribution in [2.24, 2.45) is 5.92 Å². The number of nitrogens with one attached hydrogen (secondary N) is 2. The lowest BCUT2D eigenvalue weighted by atomic mass is 9.98. The van der Waals surface area contributed by atoms with E-state index >= 15 is 0 Å². The molecule has 0 saturated carbocycles. The second-order valence-electron chi connectivity index (χ2n) is 8.58. The van der Waals surface area contributed by atoms with Crippen LogP contribution in [0.2, 0.25) is 0 Å². The summed E-state index contributed by atoms with van der Waals surface area (Å²) < 4.78 is 5.24. The minimum absolute atomic E-state index is 0.205. The van der Waals surface area contributed by atoms with E-state index in [1.54, 1.807) is 0 Å². The van der Waals surface area contributed by atoms with Crippen LogP contribution in [0.4, 0.5) is 9.59 Å². The van der Waals surface area contributed by atoms with Gasteiger partial charge in [-0.2, -0.15) is 0 Å². The molecule has 4 amide bonds. The molecule has 1 heterocycles. The summed E-state index contributed by atoms with van der Waals surface area (Å²) >= 11 is 0. The molecule has 0 bridgehead atoms. The summed E-state index contributed by atoms with van der Waals surface area (Å²) in [6.07, 6.45) is 2.51. The van der Waals surface area contributed by atoms with Gasteiger partial charge in [0.1, 0.15) is 5.60 Å². The minimum atomic E-state index is -0.508. The lowest BCUT2D eigenvalue weighted by molar-refractivity contribution is -0.121. The van der Waals surface area contributed by atoms with Crippen molar-refractivity contribution in [3.8, 4) is 0 Å². The quantitative estimate of drug-likeness (QED) is 0.602. The van der Waals surface area contributed by atoms with Crippen molar-refractivity contribution in [3.63, 3.8) is 0 Å². The van der Waals surface area contributed by atoms with Crippen molar-refractivity contribution in [2.45, 2.75) is 66.0 Å². The van der Waals surface area contributed by atoms with E-state index in [1.807, 2.05) is 40.8 Å². The molecule has 2 N–H and O–H groups in total. The number of carbonyl (C=O) groups is 3. The maximum absolute atomic E-state index is 11.9. The van der Waals surface area contributed by atoms with Gasteiger partial charge >= 0.3 is 12.1 Å². The SMILES string of the molecule is C=C(/C=C(\C)N(C)C(C)C(C)CCNC(=O)OC(C)(C)C)N1CCC(=O)NC1=O. The molecule has 2 atom stereocenters. The second-order valence-corrected chi connectivity index (χ2v) is 8.58. The Morgan fingerprint density at radius 2 is 2.00 bits per heavy atom. The van der Waals surface area contributed by atoms with Crippen LogP contribution >= 0.6 is 0 Å². The predicted octanol–water partition coefficient (Wildman–Crippen LogP) is 3.22. The number of imide groups is 1. The van der Waals surface area contributed by atoms with E-state index in [2.05, 4.69) is 36.0 Å². The van der Waals surface area contributed by atoms with Gasteiger partial charge in [-0.15, -0.1) is 0 Å². The number of allylic oxidation sites excluding steroid dienone is 2. The Kier molecular flexibility index (Phi) is 8.73. The van der Waals surface area contributed by atoms with Crippen LogP contribution in [0.15, 0.2) is 24.0 Å². The van der Waals surface area contributed by atoms with Gasteiger partial charge in [-0.25, -0.2) is 9.59 Å². The number of nitrogens with zero attached hydrogens (tertiary/aromatic N) is 2. The van der Waals surface area contributed by atoms with Gasteiger partial charge in [0.05, 0.1) is 0 Å². The molecule has 1 saturated heterocycles. The maximum atomic E-state index is 11.9. The summed E-state index contributed by atoms with van der Waals surface area (Å²) in [5.74, 6) is 0.0433. The molecule has 0 aromatic heterocycles. The normalized spacial score (nSPS) is 17.3. The smallest absolute Gasteiger partial charge is 0.407 e. The highest BCUT2D eigenvalue weighted by Gasteiger charge is 2.25. The molecule has 8 nitrogen and oxygen atoms in total. The molecule has 0 radical (unpaired) electrons. The number of rotatable bonds is 8. The molecule has 2 unspecified atom stereocenters. The standard InChI is InChI=1S/C21H36N4O4/c1-14(9-11-22-20(28)29-21(5,6)7)17(4)24(8)15(2)13-16(3)25-12-10-18(26)23-19(25)27/h13-14,17H,3,9-12H2,1-2,4-8H3,(H,22,28)(H,23,26,27)/b15-13+. The number of amides is 4. The van der Waals surface area contributed by atoms with E-state index in [4.69, 9.17) is 4.74 Å². The molecular formula is C21H36N4O4. The van der Waals surface area contributed by atoms with Gasteiger partial charge in [0.2, 0.25) is 5.91 Å². The van der Waals surface area contributed by atoms with Crippen molar-refractivity contribution in [2.75, 3.05) is 20.1 Å². The van der Waals surface area contributed by atoms with Gasteiger partial charge in [0.15, 0.2) is 0 Å². The Bertz CT molecular complexity index is 666. The third kappa shape index (κ3) is 8.17. The summed E-state index contributed by atoms with van der Waals surface area (Å²) in [5.41, 5.74) is 0.997. The topological polar surface area (TPSA) is 91.0 Å². The summed E-state index contributed by atoms with van der Waals surface area (Å²) in [4.78, 5) is 38.6. The molecule has 0 aliphatic carbocycles. The van der Waals surface area contributed by atoms with Crippen LogP contribution in [0.1, 0.15) is 54.4 Å². The molecule has 0 aromatic carbocycles. The molecular weight excluding hydrogens is 372 g/mol. The molecule has 0 spiro atoms. The molecule has 1 aliphatic heterocycles. The number of alkyl carbamates (subject to hydrolysis) is 1. The number of hydrogen-bond acceptors (Lipinski definition) is 5. The zero-order chi connectivity index (χ0) is 22.4. The third-order valence-electron chi connectivity index (χ3n) is 5.03. The van der Waals surface area contributed by atoms with Crippen molar-refractivity contribution in [1.29, 1.82) is 0 Å². The Balaban J connectivity index is 2.55. The first-order valence-electron chi connectivity index (χ1n) is 10.00. The fraction of sp³-hybridized carbons (Fsp3) is 0.667. The van der Waals surface area contributed by atoms with Gasteiger partial charge in [0.25, 0.3) is 0 Å². The summed E-state index contributed by atoms with van der Waals surface area (Å²) in [5, 5.41) is 5.09. The highest BCUT2D eigenvalue weighted by atomic mass is 16.6. The molecule has 1 fully saturated rings. The maximum Gasteiger partial charge on any atom is 0.407 e. The fourth-order valence-electron chi connectivity index (χ4n) is 2.92. The average molecular weight is 409 g/mol. The summed E-state index contributed by atoms with van der Waals surface area (Å²) in [6, 6.07) is -0.233. The van der Waals surface area contributed by atoms with Gasteiger partial charge in [-0.3, -0.25) is 15.0 Å². The van der Waals surface area contributed by atoms with E-state index in [9.17, 15) is 14.4 Å². The number of carbonyl (C=O) groups excluding carboxylic acids is 3. The van der Waals surface area contributed by atoms with E-state index in [1.165, 1.54) is 4.90 Å². The first kappa shape index (κ1) is 24.5. The predicted molar refractivity (Wildman–Crippen MR) is 113 cm³/mol. The first-order valence-corrected chi connectivity index (χ1v) is 10.00. The van der Waals surface area contributed by atoms with E-state index < -0.39 is 17.7 Å². The van der Waals surface area contributed by atoms with Gasteiger partial charge in [-0.05, 0) is 53.0 Å². The largest absolute Gasteiger partial charge is 0.444 e. The van der Waals surface area contributed by atoms with Crippen molar-refractivity contribution >= 4 is 18.0 Å². The Morgan fingerprint density at radius 1 is 1.38 bits per heavy atom. The summed E-state index contributed by atoms with van der Waals surface area (Å²) in [7, 11) is 1.99. The zero-order valence-corrected chi connectivity index (χ0v) is 18.8. The van der Waals surface area contributed by atoms with Crippen molar-refractivity contribution in [1.82, 2.24) is 20.4 Å². The Morgan fingerprint density at radius 3 is 2.55 bits per heavy atom. The van der Waals surface area contributed by atoms with Crippen LogP contribution in [0.3, 0.4) is 0 Å². The van der Waals surface area contributed by atoms with Crippen LogP contribution < -0.4 is 10.6 Å². The monoisotopic (exact) mass is 408 g/mol. The average Bonchev–Trinajstić information content (AvgIpc) is 2.58. The van der Waals surface area contributed by atoms with Crippen LogP contribution in [-0.2, 0) is 9.53 Å². The number of ether oxygens (including phenoxy) is 1. The van der Waals surface area contributed by atoms with E-state index in [-0.39, 0.29) is 18.4 Å².